The van der Waals surface area contributed by atoms with E-state index in [4.69, 9.17) is 4.74 Å². The maximum atomic E-state index is 4.88. The van der Waals surface area contributed by atoms with Crippen LogP contribution in [0.25, 0.3) is 0 Å². The van der Waals surface area contributed by atoms with Crippen molar-refractivity contribution in [2.75, 3.05) is 7.11 Å². The molecule has 0 heterocycles. The van der Waals surface area contributed by atoms with Gasteiger partial charge in [-0.15, -0.1) is 12.1 Å². The van der Waals surface area contributed by atoms with Crippen molar-refractivity contribution in [1.82, 2.24) is 0 Å². The monoisotopic (exact) mass is 155 g/mol. The predicted octanol–water partition coefficient (Wildman–Crippen LogP) is 1.49. The number of methoxy groups -OCH3 is 1. The molecule has 1 nitrogen and oxygen atoms in total. The maximum absolute atomic E-state index is 4.88. The van der Waals surface area contributed by atoms with Gasteiger partial charge in [0.2, 0.25) is 0 Å². The first-order chi connectivity index (χ1) is 3.93. The fourth-order valence-corrected chi connectivity index (χ4v) is 0.504. The Morgan fingerprint density at radius 2 is 2.33 bits per heavy atom. The molecule has 9 heavy (non-hydrogen) atoms. The molecule has 0 amide bonds. The summed E-state index contributed by atoms with van der Waals surface area (Å²) in [7, 11) is 1.64. The Bertz CT molecular complexity index is 150. The maximum Gasteiger partial charge on any atom is 0.0606 e. The van der Waals surface area contributed by atoms with Crippen LogP contribution in [0, 0.1) is 6.07 Å². The van der Waals surface area contributed by atoms with Gasteiger partial charge >= 0.3 is 0 Å². The Morgan fingerprint density at radius 3 is 2.67 bits per heavy atom. The Labute approximate surface area is 69.9 Å². The van der Waals surface area contributed by atoms with Crippen LogP contribution < -0.4 is 4.74 Å². The van der Waals surface area contributed by atoms with Gasteiger partial charge < -0.3 is 4.74 Å². The van der Waals surface area contributed by atoms with E-state index in [1.807, 2.05) is 18.2 Å². The van der Waals surface area contributed by atoms with Gasteiger partial charge in [-0.25, -0.2) is 0 Å². The van der Waals surface area contributed by atoms with Crippen LogP contribution in [0.3, 0.4) is 0 Å². The van der Waals surface area contributed by atoms with Crippen molar-refractivity contribution in [3.63, 3.8) is 0 Å². The van der Waals surface area contributed by atoms with Gasteiger partial charge in [0.1, 0.15) is 0 Å². The molecule has 0 N–H and O–H groups in total. The van der Waals surface area contributed by atoms with Crippen molar-refractivity contribution in [2.45, 2.75) is 0 Å². The quantitative estimate of drug-likeness (QED) is 0.441. The van der Waals surface area contributed by atoms with Crippen molar-refractivity contribution in [3.05, 3.63) is 30.3 Å². The van der Waals surface area contributed by atoms with Crippen LogP contribution in [0.4, 0.5) is 0 Å². The van der Waals surface area contributed by atoms with E-state index in [2.05, 4.69) is 6.07 Å². The first-order valence-corrected chi connectivity index (χ1v) is 2.43. The Morgan fingerprint density at radius 1 is 1.56 bits per heavy atom. The normalized spacial score (nSPS) is 7.67. The van der Waals surface area contributed by atoms with Gasteiger partial charge in [0, 0.05) is 27.5 Å². The topological polar surface area (TPSA) is 9.23 Å². The number of hydrogen-bond acceptors (Lipinski definition) is 1. The summed E-state index contributed by atoms with van der Waals surface area (Å²) in [6, 6.07) is 10.3. The van der Waals surface area contributed by atoms with Gasteiger partial charge in [-0.05, 0) is 0 Å². The van der Waals surface area contributed by atoms with Crippen LogP contribution in [-0.4, -0.2) is 7.11 Å². The summed E-state index contributed by atoms with van der Waals surface area (Å²) in [6.45, 7) is 0. The van der Waals surface area contributed by atoms with Gasteiger partial charge in [-0.2, -0.15) is 18.2 Å². The van der Waals surface area contributed by atoms with E-state index in [1.54, 1.807) is 13.2 Å². The first kappa shape index (κ1) is 8.73. The minimum absolute atomic E-state index is 0. The van der Waals surface area contributed by atoms with E-state index >= 15 is 0 Å². The van der Waals surface area contributed by atoms with Gasteiger partial charge in [-0.3, -0.25) is 0 Å². The molecule has 0 radical (unpaired) electrons. The molecule has 0 bridgehead atoms. The third kappa shape index (κ3) is 2.68. The molecular weight excluding hydrogens is 148 g/mol. The molecule has 0 atom stereocenters. The van der Waals surface area contributed by atoms with E-state index in [0.717, 1.165) is 5.75 Å². The van der Waals surface area contributed by atoms with Gasteiger partial charge in [-0.1, -0.05) is 0 Å². The minimum atomic E-state index is 0. The van der Waals surface area contributed by atoms with Crippen LogP contribution in [0.15, 0.2) is 24.3 Å². The van der Waals surface area contributed by atoms with E-state index in [0.29, 0.717) is 0 Å². The van der Waals surface area contributed by atoms with Crippen LogP contribution in [0.1, 0.15) is 0 Å². The van der Waals surface area contributed by atoms with E-state index in [1.165, 1.54) is 0 Å². The molecule has 46 valence electrons. The number of hydrogen-bond donors (Lipinski definition) is 0. The minimum Gasteiger partial charge on any atom is -0.554 e. The van der Waals surface area contributed by atoms with E-state index < -0.39 is 0 Å². The van der Waals surface area contributed by atoms with E-state index in [9.17, 15) is 0 Å². The van der Waals surface area contributed by atoms with Gasteiger partial charge in [0.05, 0.1) is 7.11 Å². The van der Waals surface area contributed by atoms with Crippen molar-refractivity contribution >= 4 is 0 Å². The molecule has 0 saturated carbocycles. The number of rotatable bonds is 1. The molecule has 1 rings (SSSR count). The van der Waals surface area contributed by atoms with Crippen LogP contribution in [0.2, 0.25) is 0 Å². The molecular formula is C7H7OTi-. The number of ether oxygens (including phenoxy) is 1. The summed E-state index contributed by atoms with van der Waals surface area (Å²) < 4.78 is 4.88. The summed E-state index contributed by atoms with van der Waals surface area (Å²) in [5.41, 5.74) is 0. The summed E-state index contributed by atoms with van der Waals surface area (Å²) in [6.07, 6.45) is 0. The molecule has 1 aromatic carbocycles. The second-order valence-electron chi connectivity index (χ2n) is 1.44. The first-order valence-electron chi connectivity index (χ1n) is 2.43. The molecule has 0 fully saturated rings. The second kappa shape index (κ2) is 4.60. The van der Waals surface area contributed by atoms with Crippen LogP contribution >= 0.6 is 0 Å². The zero-order chi connectivity index (χ0) is 5.82. The van der Waals surface area contributed by atoms with Crippen LogP contribution in [-0.2, 0) is 21.7 Å². The smallest absolute Gasteiger partial charge is 0.0606 e. The van der Waals surface area contributed by atoms with Gasteiger partial charge in [0.25, 0.3) is 0 Å². The zero-order valence-electron chi connectivity index (χ0n) is 5.22. The van der Waals surface area contributed by atoms with Crippen LogP contribution in [0.5, 0.6) is 5.75 Å². The number of benzene rings is 1. The zero-order valence-corrected chi connectivity index (χ0v) is 6.78. The average molecular weight is 155 g/mol. The summed E-state index contributed by atoms with van der Waals surface area (Å²) in [4.78, 5) is 0. The van der Waals surface area contributed by atoms with E-state index in [-0.39, 0.29) is 21.7 Å². The summed E-state index contributed by atoms with van der Waals surface area (Å²) in [5.74, 6) is 0.854. The summed E-state index contributed by atoms with van der Waals surface area (Å²) in [5, 5.41) is 0. The third-order valence-electron chi connectivity index (χ3n) is 0.914. The molecule has 0 aliphatic rings. The Hall–Kier alpha value is -0.266. The molecule has 0 aliphatic heterocycles. The SMILES string of the molecule is COc1c[c-]ccc1.[Ti]. The molecule has 0 spiro atoms. The molecule has 0 aliphatic carbocycles. The fraction of sp³-hybridized carbons (Fsp3) is 0.143. The standard InChI is InChI=1S/C7H7O.Ti/c1-8-7-5-3-2-4-6-7;/h2-3,5-6H,1H3;/q-1;. The Balaban J connectivity index is 0.000000640. The fourth-order valence-electron chi connectivity index (χ4n) is 0.504. The van der Waals surface area contributed by atoms with Crippen molar-refractivity contribution in [1.29, 1.82) is 0 Å². The molecule has 2 heteroatoms. The molecule has 0 unspecified atom stereocenters. The predicted molar refractivity (Wildman–Crippen MR) is 31.8 cm³/mol. The molecule has 1 aromatic rings. The third-order valence-corrected chi connectivity index (χ3v) is 0.914. The molecule has 0 aromatic heterocycles. The Kier molecular flexibility index (Phi) is 4.46. The van der Waals surface area contributed by atoms with Crippen molar-refractivity contribution < 1.29 is 26.5 Å². The van der Waals surface area contributed by atoms with Gasteiger partial charge in [0.15, 0.2) is 0 Å². The second-order valence-corrected chi connectivity index (χ2v) is 1.44. The van der Waals surface area contributed by atoms with Crippen molar-refractivity contribution in [3.8, 4) is 5.75 Å². The molecule has 0 saturated heterocycles. The largest absolute Gasteiger partial charge is 0.554 e. The van der Waals surface area contributed by atoms with Crippen molar-refractivity contribution in [2.24, 2.45) is 0 Å². The summed E-state index contributed by atoms with van der Waals surface area (Å²) >= 11 is 0. The average Bonchev–Trinajstić information content (AvgIpc) is 1.90.